The number of hydrogen-bond donors (Lipinski definition) is 2. The summed E-state index contributed by atoms with van der Waals surface area (Å²) in [6.45, 7) is 2.68. The monoisotopic (exact) mass is 404 g/mol. The Morgan fingerprint density at radius 3 is 2.57 bits per heavy atom. The van der Waals surface area contributed by atoms with Gasteiger partial charge in [0.15, 0.2) is 0 Å². The number of nitrogens with one attached hydrogen (secondary N) is 2. The molecule has 154 valence electrons. The van der Waals surface area contributed by atoms with Crippen LogP contribution in [0.4, 0.5) is 10.5 Å². The highest BCUT2D eigenvalue weighted by atomic mass is 16.2. The summed E-state index contributed by atoms with van der Waals surface area (Å²) in [7, 11) is 0. The number of rotatable bonds is 4. The first-order valence-electron chi connectivity index (χ1n) is 10.5. The van der Waals surface area contributed by atoms with Crippen molar-refractivity contribution in [3.63, 3.8) is 0 Å². The van der Waals surface area contributed by atoms with Crippen molar-refractivity contribution in [2.75, 3.05) is 11.9 Å². The molecule has 7 heteroatoms. The zero-order valence-corrected chi connectivity index (χ0v) is 16.9. The maximum Gasteiger partial charge on any atom is 0.325 e. The second-order valence-corrected chi connectivity index (χ2v) is 8.15. The molecule has 4 amide bonds. The first-order chi connectivity index (χ1) is 14.5. The number of hydrogen-bond acceptors (Lipinski definition) is 3. The van der Waals surface area contributed by atoms with Crippen molar-refractivity contribution < 1.29 is 14.4 Å². The Bertz CT molecular complexity index is 1190. The number of urea groups is 1. The minimum Gasteiger partial charge on any atom is -0.341 e. The lowest BCUT2D eigenvalue weighted by molar-refractivity contribution is -0.133. The fraction of sp³-hybridized carbons (Fsp3) is 0.348. The number of anilines is 1. The third-order valence-corrected chi connectivity index (χ3v) is 6.38. The van der Waals surface area contributed by atoms with E-state index in [9.17, 15) is 14.4 Å². The van der Waals surface area contributed by atoms with Gasteiger partial charge in [-0.15, -0.1) is 0 Å². The number of amides is 4. The van der Waals surface area contributed by atoms with Gasteiger partial charge in [-0.05, 0) is 44.0 Å². The summed E-state index contributed by atoms with van der Waals surface area (Å²) in [5, 5.41) is 7.85. The molecule has 3 aromatic rings. The second-order valence-electron chi connectivity index (χ2n) is 8.15. The smallest absolute Gasteiger partial charge is 0.325 e. The quantitative estimate of drug-likeness (QED) is 0.652. The van der Waals surface area contributed by atoms with Crippen LogP contribution in [0.3, 0.4) is 0 Å². The van der Waals surface area contributed by atoms with Gasteiger partial charge in [0.25, 0.3) is 5.91 Å². The van der Waals surface area contributed by atoms with Crippen LogP contribution in [0.25, 0.3) is 21.8 Å². The fourth-order valence-electron chi connectivity index (χ4n) is 4.95. The molecule has 2 N–H and O–H groups in total. The zero-order chi connectivity index (χ0) is 20.9. The van der Waals surface area contributed by atoms with Crippen molar-refractivity contribution in [2.24, 2.45) is 0 Å². The van der Waals surface area contributed by atoms with Crippen molar-refractivity contribution in [1.29, 1.82) is 0 Å². The summed E-state index contributed by atoms with van der Waals surface area (Å²) < 4.78 is 2.24. The van der Waals surface area contributed by atoms with E-state index >= 15 is 0 Å². The number of nitrogens with zero attached hydrogens (tertiary/aromatic N) is 2. The standard InChI is InChI=1S/C23H24N4O3/c1-2-26-18-8-4-3-7-16(18)17-13-15(9-10-19(17)26)24-20(28)14-27-21(29)23(25-22(27)30)11-5-6-12-23/h3-4,7-10,13H,2,5-6,11-12,14H2,1H3,(H,24,28)(H,25,30). The molecule has 0 radical (unpaired) electrons. The predicted octanol–water partition coefficient (Wildman–Crippen LogP) is 3.62. The molecular weight excluding hydrogens is 380 g/mol. The molecule has 1 spiro atoms. The number of para-hydroxylation sites is 1. The normalized spacial score (nSPS) is 18.0. The van der Waals surface area contributed by atoms with E-state index in [1.807, 2.05) is 30.3 Å². The van der Waals surface area contributed by atoms with Gasteiger partial charge >= 0.3 is 6.03 Å². The van der Waals surface area contributed by atoms with Gasteiger partial charge in [-0.3, -0.25) is 14.5 Å². The molecule has 7 nitrogen and oxygen atoms in total. The van der Waals surface area contributed by atoms with Crippen molar-refractivity contribution in [3.8, 4) is 0 Å². The topological polar surface area (TPSA) is 83.4 Å². The second kappa shape index (κ2) is 6.86. The SMILES string of the molecule is CCn1c2ccccc2c2cc(NC(=O)CN3C(=O)NC4(CCCC4)C3=O)ccc21. The summed E-state index contributed by atoms with van der Waals surface area (Å²) in [6.07, 6.45) is 3.12. The van der Waals surface area contributed by atoms with Gasteiger partial charge in [0, 0.05) is 34.0 Å². The van der Waals surface area contributed by atoms with Gasteiger partial charge in [-0.2, -0.15) is 0 Å². The summed E-state index contributed by atoms with van der Waals surface area (Å²) in [5.41, 5.74) is 2.11. The molecule has 0 unspecified atom stereocenters. The van der Waals surface area contributed by atoms with Crippen LogP contribution in [-0.4, -0.2) is 39.4 Å². The third kappa shape index (κ3) is 2.76. The number of aromatic nitrogens is 1. The lowest BCUT2D eigenvalue weighted by Crippen LogP contribution is -2.44. The Morgan fingerprint density at radius 1 is 1.07 bits per heavy atom. The zero-order valence-electron chi connectivity index (χ0n) is 16.9. The Labute approximate surface area is 174 Å². The number of carbonyl (C=O) groups is 3. The molecule has 1 saturated heterocycles. The molecule has 1 aliphatic heterocycles. The molecule has 2 heterocycles. The molecule has 0 atom stereocenters. The molecule has 2 aliphatic rings. The summed E-state index contributed by atoms with van der Waals surface area (Å²) >= 11 is 0. The van der Waals surface area contributed by atoms with E-state index in [1.54, 1.807) is 0 Å². The Hall–Kier alpha value is -3.35. The van der Waals surface area contributed by atoms with Crippen molar-refractivity contribution in [1.82, 2.24) is 14.8 Å². The van der Waals surface area contributed by atoms with Crippen LogP contribution in [0.1, 0.15) is 32.6 Å². The molecule has 0 bridgehead atoms. The number of benzene rings is 2. The van der Waals surface area contributed by atoms with E-state index in [2.05, 4.69) is 34.3 Å². The molecule has 30 heavy (non-hydrogen) atoms. The van der Waals surface area contributed by atoms with Crippen LogP contribution in [0.15, 0.2) is 42.5 Å². The van der Waals surface area contributed by atoms with Crippen molar-refractivity contribution >= 4 is 45.3 Å². The van der Waals surface area contributed by atoms with Gasteiger partial charge in [-0.25, -0.2) is 4.79 Å². The largest absolute Gasteiger partial charge is 0.341 e. The maximum absolute atomic E-state index is 12.7. The molecule has 2 fully saturated rings. The van der Waals surface area contributed by atoms with Gasteiger partial charge in [-0.1, -0.05) is 31.0 Å². The van der Waals surface area contributed by atoms with E-state index in [1.165, 1.54) is 0 Å². The highest BCUT2D eigenvalue weighted by Crippen LogP contribution is 2.35. The van der Waals surface area contributed by atoms with Crippen LogP contribution in [0.2, 0.25) is 0 Å². The summed E-state index contributed by atoms with van der Waals surface area (Å²) in [5.74, 6) is -0.659. The van der Waals surface area contributed by atoms with E-state index in [4.69, 9.17) is 0 Å². The van der Waals surface area contributed by atoms with Gasteiger partial charge < -0.3 is 15.2 Å². The van der Waals surface area contributed by atoms with Gasteiger partial charge in [0.05, 0.1) is 0 Å². The molecule has 2 aromatic carbocycles. The van der Waals surface area contributed by atoms with E-state index in [-0.39, 0.29) is 18.4 Å². The lowest BCUT2D eigenvalue weighted by Gasteiger charge is -2.19. The highest BCUT2D eigenvalue weighted by Gasteiger charge is 2.52. The molecular formula is C23H24N4O3. The van der Waals surface area contributed by atoms with E-state index in [0.29, 0.717) is 18.5 Å². The van der Waals surface area contributed by atoms with Crippen LogP contribution in [0, 0.1) is 0 Å². The highest BCUT2D eigenvalue weighted by molar-refractivity contribution is 6.12. The molecule has 1 aliphatic carbocycles. The number of carbonyl (C=O) groups excluding carboxylic acids is 3. The minimum absolute atomic E-state index is 0.276. The van der Waals surface area contributed by atoms with Gasteiger partial charge in [0.2, 0.25) is 5.91 Å². The Kier molecular flexibility index (Phi) is 4.27. The number of fused-ring (bicyclic) bond motifs is 3. The molecule has 1 aromatic heterocycles. The van der Waals surface area contributed by atoms with Crippen LogP contribution >= 0.6 is 0 Å². The summed E-state index contributed by atoms with van der Waals surface area (Å²) in [4.78, 5) is 38.7. The Morgan fingerprint density at radius 2 is 1.80 bits per heavy atom. The van der Waals surface area contributed by atoms with Gasteiger partial charge in [0.1, 0.15) is 12.1 Å². The average molecular weight is 404 g/mol. The summed E-state index contributed by atoms with van der Waals surface area (Å²) in [6, 6.07) is 13.5. The van der Waals surface area contributed by atoms with Crippen molar-refractivity contribution in [2.45, 2.75) is 44.7 Å². The first-order valence-corrected chi connectivity index (χ1v) is 10.5. The van der Waals surface area contributed by atoms with Crippen LogP contribution in [-0.2, 0) is 16.1 Å². The van der Waals surface area contributed by atoms with E-state index in [0.717, 1.165) is 46.1 Å². The predicted molar refractivity (Wildman–Crippen MR) is 115 cm³/mol. The minimum atomic E-state index is -0.793. The molecule has 5 rings (SSSR count). The van der Waals surface area contributed by atoms with Crippen molar-refractivity contribution in [3.05, 3.63) is 42.5 Å². The van der Waals surface area contributed by atoms with Crippen LogP contribution < -0.4 is 10.6 Å². The number of aryl methyl sites for hydroxylation is 1. The number of imide groups is 1. The molecule has 1 saturated carbocycles. The van der Waals surface area contributed by atoms with Crippen LogP contribution in [0.5, 0.6) is 0 Å². The maximum atomic E-state index is 12.7. The fourth-order valence-corrected chi connectivity index (χ4v) is 4.95. The Balaban J connectivity index is 1.38. The first kappa shape index (κ1) is 18.7. The van der Waals surface area contributed by atoms with E-state index < -0.39 is 11.6 Å². The lowest BCUT2D eigenvalue weighted by atomic mass is 9.98. The average Bonchev–Trinajstić information content (AvgIpc) is 3.40. The third-order valence-electron chi connectivity index (χ3n) is 6.38.